The minimum atomic E-state index is 0.267. The van der Waals surface area contributed by atoms with Crippen molar-refractivity contribution in [3.63, 3.8) is 0 Å². The van der Waals surface area contributed by atoms with Gasteiger partial charge in [-0.2, -0.15) is 10.3 Å². The van der Waals surface area contributed by atoms with Crippen molar-refractivity contribution in [3.8, 4) is 0 Å². The van der Waals surface area contributed by atoms with E-state index in [0.717, 1.165) is 5.56 Å². The lowest BCUT2D eigenvalue weighted by molar-refractivity contribution is 0.645. The molecule has 3 aromatic rings. The minimum Gasteiger partial charge on any atom is -0.242 e. The highest BCUT2D eigenvalue weighted by Gasteiger charge is 2.04. The molecule has 3 rings (SSSR count). The summed E-state index contributed by atoms with van der Waals surface area (Å²) in [5.74, 6) is 0.785. The van der Waals surface area contributed by atoms with Gasteiger partial charge < -0.3 is 0 Å². The number of tetrazole rings is 2. The summed E-state index contributed by atoms with van der Waals surface area (Å²) in [6, 6.07) is 9.89. The molecule has 0 radical (unpaired) electrons. The van der Waals surface area contributed by atoms with E-state index < -0.39 is 0 Å². The van der Waals surface area contributed by atoms with Crippen LogP contribution in [-0.2, 0) is 6.54 Å². The summed E-state index contributed by atoms with van der Waals surface area (Å²) in [6.45, 7) is 0.567. The largest absolute Gasteiger partial charge is 0.283 e. The van der Waals surface area contributed by atoms with E-state index in [-0.39, 0.29) is 5.95 Å². The van der Waals surface area contributed by atoms with Crippen molar-refractivity contribution in [2.24, 2.45) is 5.10 Å². The van der Waals surface area contributed by atoms with Gasteiger partial charge in [0.05, 0.1) is 12.8 Å². The molecule has 20 heavy (non-hydrogen) atoms. The minimum absolute atomic E-state index is 0.267. The van der Waals surface area contributed by atoms with E-state index in [1.54, 1.807) is 4.68 Å². The van der Waals surface area contributed by atoms with E-state index in [1.165, 1.54) is 6.21 Å². The zero-order valence-electron chi connectivity index (χ0n) is 10.2. The van der Waals surface area contributed by atoms with Crippen LogP contribution >= 0.6 is 0 Å². The predicted octanol–water partition coefficient (Wildman–Crippen LogP) is -0.320. The number of hydrogen-bond acceptors (Lipinski definition) is 8. The third-order valence-corrected chi connectivity index (χ3v) is 2.42. The number of aromatic nitrogens is 8. The smallest absolute Gasteiger partial charge is 0.242 e. The summed E-state index contributed by atoms with van der Waals surface area (Å²) in [6.07, 6.45) is 1.49. The molecule has 1 aromatic carbocycles. The molecule has 0 saturated carbocycles. The lowest BCUT2D eigenvalue weighted by Crippen LogP contribution is -2.07. The van der Waals surface area contributed by atoms with Crippen molar-refractivity contribution in [1.82, 2.24) is 40.8 Å². The van der Waals surface area contributed by atoms with Crippen LogP contribution in [0.1, 0.15) is 11.4 Å². The van der Waals surface area contributed by atoms with Gasteiger partial charge in [0.25, 0.3) is 5.95 Å². The molecule has 10 nitrogen and oxygen atoms in total. The van der Waals surface area contributed by atoms with Crippen LogP contribution < -0.4 is 5.43 Å². The van der Waals surface area contributed by atoms with Crippen molar-refractivity contribution >= 4 is 12.2 Å². The summed E-state index contributed by atoms with van der Waals surface area (Å²) in [7, 11) is 0. The van der Waals surface area contributed by atoms with Gasteiger partial charge in [0, 0.05) is 0 Å². The van der Waals surface area contributed by atoms with Gasteiger partial charge in [-0.05, 0) is 21.2 Å². The molecule has 0 atom stereocenters. The molecular formula is C10H10N10. The maximum atomic E-state index is 3.94. The second kappa shape index (κ2) is 5.65. The Labute approximate surface area is 112 Å². The summed E-state index contributed by atoms with van der Waals surface area (Å²) >= 11 is 0. The topological polar surface area (TPSA) is 122 Å². The van der Waals surface area contributed by atoms with Gasteiger partial charge in [-0.25, -0.2) is 10.1 Å². The Balaban J connectivity index is 1.69. The lowest BCUT2D eigenvalue weighted by Gasteiger charge is -2.01. The lowest BCUT2D eigenvalue weighted by atomic mass is 10.2. The fourth-order valence-corrected chi connectivity index (χ4v) is 1.53. The monoisotopic (exact) mass is 270 g/mol. The molecule has 0 aliphatic carbocycles. The number of nitrogens with zero attached hydrogens (tertiary/aromatic N) is 8. The van der Waals surface area contributed by atoms with Crippen LogP contribution in [0.3, 0.4) is 0 Å². The highest BCUT2D eigenvalue weighted by molar-refractivity contribution is 5.74. The molecule has 0 saturated heterocycles. The van der Waals surface area contributed by atoms with Crippen LogP contribution in [0.4, 0.5) is 5.95 Å². The van der Waals surface area contributed by atoms with Crippen molar-refractivity contribution in [2.45, 2.75) is 6.54 Å². The quantitative estimate of drug-likeness (QED) is 0.481. The molecule has 2 heterocycles. The van der Waals surface area contributed by atoms with E-state index in [4.69, 9.17) is 0 Å². The number of benzene rings is 1. The summed E-state index contributed by atoms with van der Waals surface area (Å²) in [5, 5.41) is 28.4. The molecule has 0 unspecified atom stereocenters. The predicted molar refractivity (Wildman–Crippen MR) is 68.8 cm³/mol. The van der Waals surface area contributed by atoms with Crippen LogP contribution in [0, 0.1) is 0 Å². The molecule has 10 heteroatoms. The number of aromatic amines is 1. The first-order chi connectivity index (χ1) is 9.92. The third kappa shape index (κ3) is 2.80. The van der Waals surface area contributed by atoms with Gasteiger partial charge in [0.2, 0.25) is 0 Å². The van der Waals surface area contributed by atoms with Crippen LogP contribution in [0.25, 0.3) is 0 Å². The zero-order valence-corrected chi connectivity index (χ0v) is 10.2. The van der Waals surface area contributed by atoms with Crippen molar-refractivity contribution in [2.75, 3.05) is 5.43 Å². The molecule has 0 bridgehead atoms. The fourth-order valence-electron chi connectivity index (χ4n) is 1.53. The summed E-state index contributed by atoms with van der Waals surface area (Å²) in [4.78, 5) is 0. The number of nitrogens with one attached hydrogen (secondary N) is 2. The Bertz CT molecular complexity index is 671. The molecule has 2 N–H and O–H groups in total. The molecular weight excluding hydrogens is 260 g/mol. The van der Waals surface area contributed by atoms with Crippen molar-refractivity contribution in [1.29, 1.82) is 0 Å². The Morgan fingerprint density at radius 2 is 2.15 bits per heavy atom. The first-order valence-electron chi connectivity index (χ1n) is 5.74. The van der Waals surface area contributed by atoms with Gasteiger partial charge in [-0.3, -0.25) is 0 Å². The molecule has 0 spiro atoms. The van der Waals surface area contributed by atoms with Gasteiger partial charge in [0.1, 0.15) is 0 Å². The number of rotatable bonds is 5. The zero-order chi connectivity index (χ0) is 13.6. The maximum absolute atomic E-state index is 3.94. The van der Waals surface area contributed by atoms with E-state index in [0.29, 0.717) is 12.4 Å². The normalized spacial score (nSPS) is 11.0. The van der Waals surface area contributed by atoms with E-state index in [1.807, 2.05) is 30.3 Å². The van der Waals surface area contributed by atoms with E-state index in [2.05, 4.69) is 46.7 Å². The van der Waals surface area contributed by atoms with Crippen molar-refractivity contribution in [3.05, 3.63) is 41.7 Å². The molecule has 0 fully saturated rings. The molecule has 2 aromatic heterocycles. The number of anilines is 1. The second-order valence-electron chi connectivity index (χ2n) is 3.79. The Hall–Kier alpha value is -3.17. The van der Waals surface area contributed by atoms with Gasteiger partial charge in [-0.15, -0.1) is 10.2 Å². The maximum Gasteiger partial charge on any atom is 0.283 e. The Morgan fingerprint density at radius 3 is 2.95 bits per heavy atom. The van der Waals surface area contributed by atoms with Gasteiger partial charge in [0.15, 0.2) is 5.82 Å². The van der Waals surface area contributed by atoms with Crippen LogP contribution in [0.2, 0.25) is 0 Å². The molecule has 0 aliphatic heterocycles. The molecule has 100 valence electrons. The van der Waals surface area contributed by atoms with Gasteiger partial charge in [-0.1, -0.05) is 35.4 Å². The molecule has 0 amide bonds. The average Bonchev–Trinajstić information content (AvgIpc) is 3.13. The van der Waals surface area contributed by atoms with Crippen LogP contribution in [0.5, 0.6) is 0 Å². The third-order valence-electron chi connectivity index (χ3n) is 2.42. The standard InChI is InChI=1S/C10H10N10/c1-2-4-8(5-3-1)7-20-9(12-18-19-20)6-11-13-10-14-16-17-15-10/h1-6H,7H2,(H2,13,14,15,16,17)/b11-6+. The first-order valence-corrected chi connectivity index (χ1v) is 5.74. The average molecular weight is 270 g/mol. The number of H-pyrrole nitrogens is 1. The fraction of sp³-hybridized carbons (Fsp3) is 0.100. The number of hydrogen-bond donors (Lipinski definition) is 2. The van der Waals surface area contributed by atoms with E-state index >= 15 is 0 Å². The Morgan fingerprint density at radius 1 is 1.25 bits per heavy atom. The van der Waals surface area contributed by atoms with Crippen molar-refractivity contribution < 1.29 is 0 Å². The molecule has 0 aliphatic rings. The van der Waals surface area contributed by atoms with E-state index in [9.17, 15) is 0 Å². The van der Waals surface area contributed by atoms with Gasteiger partial charge >= 0.3 is 0 Å². The SMILES string of the molecule is C(=N\Nc1nn[nH]n1)/c1nnnn1Cc1ccccc1. The second-order valence-corrected chi connectivity index (χ2v) is 3.79. The first kappa shape index (κ1) is 11.9. The van der Waals surface area contributed by atoms with Crippen LogP contribution in [-0.4, -0.2) is 47.0 Å². The highest BCUT2D eigenvalue weighted by atomic mass is 15.6. The van der Waals surface area contributed by atoms with Crippen LogP contribution in [0.15, 0.2) is 35.4 Å². The Kier molecular flexibility index (Phi) is 3.36. The summed E-state index contributed by atoms with van der Waals surface area (Å²) < 4.78 is 1.64. The highest BCUT2D eigenvalue weighted by Crippen LogP contribution is 2.01. The summed E-state index contributed by atoms with van der Waals surface area (Å²) in [5.41, 5.74) is 3.70. The number of hydrazone groups is 1.